The molecule has 0 unspecified atom stereocenters. The summed E-state index contributed by atoms with van der Waals surface area (Å²) in [5, 5.41) is 0. The average Bonchev–Trinajstić information content (AvgIpc) is 2.27. The van der Waals surface area contributed by atoms with Crippen LogP contribution in [0.4, 0.5) is 30.7 Å². The number of methoxy groups -OCH3 is 1. The van der Waals surface area contributed by atoms with Crippen molar-refractivity contribution in [3.63, 3.8) is 0 Å². The van der Waals surface area contributed by atoms with E-state index in [1.165, 1.54) is 0 Å². The molecule has 1 aromatic rings. The minimum atomic E-state index is -5.51. The first-order valence-electron chi connectivity index (χ1n) is 4.57. The van der Waals surface area contributed by atoms with Gasteiger partial charge in [0, 0.05) is 0 Å². The molecule has 112 valence electrons. The van der Waals surface area contributed by atoms with Crippen LogP contribution in [-0.2, 0) is 10.9 Å². The van der Waals surface area contributed by atoms with Crippen LogP contribution >= 0.6 is 0 Å². The minimum absolute atomic E-state index is 0.143. The molecule has 1 aromatic heterocycles. The van der Waals surface area contributed by atoms with E-state index in [1.807, 2.05) is 0 Å². The third kappa shape index (κ3) is 3.48. The summed E-state index contributed by atoms with van der Waals surface area (Å²) in [7, 11) is 0.602. The van der Waals surface area contributed by atoms with Crippen molar-refractivity contribution in [2.75, 3.05) is 7.11 Å². The number of pyridine rings is 1. The quantitative estimate of drug-likeness (QED) is 0.622. The Balaban J connectivity index is 3.59. The molecule has 0 aliphatic carbocycles. The van der Waals surface area contributed by atoms with E-state index in [4.69, 9.17) is 0 Å². The molecule has 0 aliphatic rings. The molecule has 0 radical (unpaired) electrons. The van der Waals surface area contributed by atoms with Gasteiger partial charge in [0.15, 0.2) is 17.3 Å². The van der Waals surface area contributed by atoms with Gasteiger partial charge in [-0.05, 0) is 0 Å². The van der Waals surface area contributed by atoms with Crippen molar-refractivity contribution in [2.45, 2.75) is 12.5 Å². The Bertz CT molecular complexity index is 523. The van der Waals surface area contributed by atoms with Gasteiger partial charge in [0.1, 0.15) is 5.56 Å². The zero-order valence-corrected chi connectivity index (χ0v) is 9.40. The van der Waals surface area contributed by atoms with E-state index in [1.54, 1.807) is 0 Å². The predicted octanol–water partition coefficient (Wildman–Crippen LogP) is 2.92. The summed E-state index contributed by atoms with van der Waals surface area (Å²) in [6, 6.07) is 0. The fourth-order valence-electron chi connectivity index (χ4n) is 1.19. The second kappa shape index (κ2) is 5.13. The fourth-order valence-corrected chi connectivity index (χ4v) is 1.19. The summed E-state index contributed by atoms with van der Waals surface area (Å²) in [4.78, 5) is 13.7. The van der Waals surface area contributed by atoms with E-state index in [2.05, 4.69) is 14.5 Å². The predicted molar refractivity (Wildman–Crippen MR) is 47.2 cm³/mol. The number of halogens is 7. The summed E-state index contributed by atoms with van der Waals surface area (Å²) in [6.07, 6.45) is -11.0. The highest BCUT2D eigenvalue weighted by Gasteiger charge is 2.43. The number of carbonyl (C=O) groups is 1. The first-order chi connectivity index (χ1) is 8.97. The number of aromatic nitrogens is 1. The lowest BCUT2D eigenvalue weighted by Gasteiger charge is -2.16. The number of nitrogens with zero attached hydrogens (tertiary/aromatic N) is 1. The lowest BCUT2D eigenvalue weighted by molar-refractivity contribution is -0.276. The maximum Gasteiger partial charge on any atom is 0.573 e. The van der Waals surface area contributed by atoms with Crippen LogP contribution in [0, 0.1) is 5.82 Å². The molecule has 0 N–H and O–H groups in total. The van der Waals surface area contributed by atoms with E-state index in [0.717, 1.165) is 0 Å². The van der Waals surface area contributed by atoms with Gasteiger partial charge in [-0.1, -0.05) is 0 Å². The van der Waals surface area contributed by atoms with Gasteiger partial charge in [0.2, 0.25) is 0 Å². The van der Waals surface area contributed by atoms with Crippen LogP contribution in [-0.4, -0.2) is 24.4 Å². The number of ether oxygens (including phenoxy) is 2. The maximum absolute atomic E-state index is 13.2. The van der Waals surface area contributed by atoms with E-state index < -0.39 is 41.3 Å². The lowest BCUT2D eigenvalue weighted by Crippen LogP contribution is -2.24. The maximum atomic E-state index is 13.2. The van der Waals surface area contributed by atoms with Crippen molar-refractivity contribution in [3.8, 4) is 5.75 Å². The number of esters is 1. The topological polar surface area (TPSA) is 48.4 Å². The van der Waals surface area contributed by atoms with Crippen LogP contribution < -0.4 is 4.74 Å². The second-order valence-corrected chi connectivity index (χ2v) is 3.20. The van der Waals surface area contributed by atoms with Crippen molar-refractivity contribution in [3.05, 3.63) is 23.3 Å². The SMILES string of the molecule is COC(=O)c1c(C(F)(F)F)ncc(F)c1OC(F)(F)F. The molecule has 20 heavy (non-hydrogen) atoms. The lowest BCUT2D eigenvalue weighted by atomic mass is 10.1. The van der Waals surface area contributed by atoms with Gasteiger partial charge in [-0.3, -0.25) is 0 Å². The number of carbonyl (C=O) groups excluding carboxylic acids is 1. The van der Waals surface area contributed by atoms with Gasteiger partial charge in [-0.15, -0.1) is 13.2 Å². The van der Waals surface area contributed by atoms with Gasteiger partial charge < -0.3 is 9.47 Å². The molecular weight excluding hydrogens is 303 g/mol. The fraction of sp³-hybridized carbons (Fsp3) is 0.333. The standard InChI is InChI=1S/C9H4F7NO3/c1-19-7(18)4-5(20-9(14,15)16)3(10)2-17-6(4)8(11,12)13/h2H,1H3. The molecule has 0 aliphatic heterocycles. The smallest absolute Gasteiger partial charge is 0.465 e. The van der Waals surface area contributed by atoms with Crippen LogP contribution in [0.3, 0.4) is 0 Å². The van der Waals surface area contributed by atoms with Crippen molar-refractivity contribution < 1.29 is 45.0 Å². The largest absolute Gasteiger partial charge is 0.573 e. The summed E-state index contributed by atoms with van der Waals surface area (Å²) >= 11 is 0. The molecule has 1 heterocycles. The molecule has 0 atom stereocenters. The second-order valence-electron chi connectivity index (χ2n) is 3.20. The molecule has 0 bridgehead atoms. The number of hydrogen-bond donors (Lipinski definition) is 0. The van der Waals surface area contributed by atoms with Crippen molar-refractivity contribution >= 4 is 5.97 Å². The van der Waals surface area contributed by atoms with Gasteiger partial charge in [0.25, 0.3) is 0 Å². The van der Waals surface area contributed by atoms with Crippen LogP contribution in [0.2, 0.25) is 0 Å². The van der Waals surface area contributed by atoms with E-state index in [0.29, 0.717) is 7.11 Å². The summed E-state index contributed by atoms with van der Waals surface area (Å²) in [5.41, 5.74) is -3.85. The van der Waals surface area contributed by atoms with Crippen LogP contribution in [0.15, 0.2) is 6.20 Å². The number of rotatable bonds is 2. The first-order valence-corrected chi connectivity index (χ1v) is 4.57. The molecule has 11 heteroatoms. The number of alkyl halides is 6. The molecule has 0 fully saturated rings. The Morgan fingerprint density at radius 3 is 2.15 bits per heavy atom. The highest BCUT2D eigenvalue weighted by Crippen LogP contribution is 2.38. The van der Waals surface area contributed by atoms with Crippen molar-refractivity contribution in [1.29, 1.82) is 0 Å². The van der Waals surface area contributed by atoms with Crippen molar-refractivity contribution in [1.82, 2.24) is 4.98 Å². The Labute approximate surface area is 106 Å². The zero-order valence-electron chi connectivity index (χ0n) is 9.40. The molecule has 0 amide bonds. The zero-order chi connectivity index (χ0) is 15.7. The van der Waals surface area contributed by atoms with Crippen molar-refractivity contribution in [2.24, 2.45) is 0 Å². The Morgan fingerprint density at radius 2 is 1.75 bits per heavy atom. The highest BCUT2D eigenvalue weighted by molar-refractivity contribution is 5.93. The monoisotopic (exact) mass is 307 g/mol. The molecule has 0 saturated heterocycles. The number of hydrogen-bond acceptors (Lipinski definition) is 4. The average molecular weight is 307 g/mol. The molecule has 0 spiro atoms. The van der Waals surface area contributed by atoms with E-state index in [9.17, 15) is 35.5 Å². The molecule has 0 aromatic carbocycles. The highest BCUT2D eigenvalue weighted by atomic mass is 19.4. The third-order valence-electron chi connectivity index (χ3n) is 1.86. The Kier molecular flexibility index (Phi) is 4.10. The molecule has 1 rings (SSSR count). The normalized spacial score (nSPS) is 12.2. The van der Waals surface area contributed by atoms with E-state index >= 15 is 0 Å². The first kappa shape index (κ1) is 16.0. The van der Waals surface area contributed by atoms with Crippen LogP contribution in [0.5, 0.6) is 5.75 Å². The van der Waals surface area contributed by atoms with Gasteiger partial charge in [0.05, 0.1) is 13.3 Å². The minimum Gasteiger partial charge on any atom is -0.465 e. The molecule has 4 nitrogen and oxygen atoms in total. The van der Waals surface area contributed by atoms with E-state index in [-0.39, 0.29) is 6.20 Å². The van der Waals surface area contributed by atoms with Crippen LogP contribution in [0.25, 0.3) is 0 Å². The molecular formula is C9H4F7NO3. The molecule has 0 saturated carbocycles. The van der Waals surface area contributed by atoms with Gasteiger partial charge in [-0.2, -0.15) is 13.2 Å². The van der Waals surface area contributed by atoms with Crippen LogP contribution in [0.1, 0.15) is 16.1 Å². The van der Waals surface area contributed by atoms with Gasteiger partial charge >= 0.3 is 18.5 Å². The Hall–Kier alpha value is -2.07. The third-order valence-corrected chi connectivity index (χ3v) is 1.86. The van der Waals surface area contributed by atoms with Gasteiger partial charge in [-0.25, -0.2) is 14.2 Å². The summed E-state index contributed by atoms with van der Waals surface area (Å²) in [5.74, 6) is -5.72. The Morgan fingerprint density at radius 1 is 1.20 bits per heavy atom. The summed E-state index contributed by atoms with van der Waals surface area (Å²) < 4.78 is 94.0. The summed E-state index contributed by atoms with van der Waals surface area (Å²) in [6.45, 7) is 0.